The fourth-order valence-corrected chi connectivity index (χ4v) is 14.3. The molecule has 2 aliphatic rings. The Morgan fingerprint density at radius 1 is 0.519 bits per heavy atom. The maximum Gasteiger partial charge on any atom is 0.0394 e. The second-order valence-electron chi connectivity index (χ2n) is 11.7. The molecule has 0 N–H and O–H groups in total. The zero-order chi connectivity index (χ0) is 20.6. The van der Waals surface area contributed by atoms with Gasteiger partial charge in [0.05, 0.1) is 0 Å². The second kappa shape index (κ2) is 9.98. The molecule has 27 heavy (non-hydrogen) atoms. The van der Waals surface area contributed by atoms with Crippen LogP contribution in [0.2, 0.25) is 78.6 Å². The summed E-state index contributed by atoms with van der Waals surface area (Å²) in [6.07, 6.45) is 14.1. The molecule has 5 heteroatoms. The van der Waals surface area contributed by atoms with Crippen LogP contribution >= 0.6 is 0 Å². The van der Waals surface area contributed by atoms with Gasteiger partial charge in [-0.15, -0.1) is 12.8 Å². The first-order valence-electron chi connectivity index (χ1n) is 10.1. The van der Waals surface area contributed by atoms with Crippen LogP contribution in [-0.2, 0) is 0 Å². The number of rotatable bonds is 4. The first-order valence-corrected chi connectivity index (χ1v) is 24.1. The standard InChI is InChI=1S/2C11H21Si2.Sm/c2*1-12(2,3)10-8-7-9-11(10)13(4,5)6;/h2*8H,7H2,1-6H3;/q2*-1;. The molecule has 0 unspecified atom stereocenters. The quantitative estimate of drug-likeness (QED) is 0.242. The van der Waals surface area contributed by atoms with Crippen LogP contribution in [0.5, 0.6) is 0 Å². The van der Waals surface area contributed by atoms with Crippen LogP contribution in [0.1, 0.15) is 12.8 Å². The summed E-state index contributed by atoms with van der Waals surface area (Å²) in [5.41, 5.74) is 0. The van der Waals surface area contributed by atoms with Gasteiger partial charge in [0, 0.05) is 56.5 Å². The second-order valence-corrected chi connectivity index (χ2v) is 31.8. The molecule has 0 bridgehead atoms. The SMILES string of the molecule is C[Si](C)(C)C1=[C-]CC=C1[Si](C)(C)C.C[Si](C)(C)C1=[C-]CC=C1[Si](C)(C)C.[Sm]. The van der Waals surface area contributed by atoms with Crippen molar-refractivity contribution in [2.24, 2.45) is 0 Å². The van der Waals surface area contributed by atoms with E-state index in [0.717, 1.165) is 12.8 Å². The van der Waals surface area contributed by atoms with Crippen molar-refractivity contribution in [3.8, 4) is 0 Å². The zero-order valence-corrected chi connectivity index (χ0v) is 26.6. The maximum absolute atomic E-state index is 3.57. The van der Waals surface area contributed by atoms with Gasteiger partial charge < -0.3 is 0 Å². The van der Waals surface area contributed by atoms with Crippen molar-refractivity contribution in [1.82, 2.24) is 0 Å². The van der Waals surface area contributed by atoms with Crippen LogP contribution in [0, 0.1) is 52.5 Å². The van der Waals surface area contributed by atoms with Crippen LogP contribution in [0.15, 0.2) is 32.9 Å². The Hall–Kier alpha value is 1.17. The van der Waals surface area contributed by atoms with Gasteiger partial charge in [0.1, 0.15) is 0 Å². The van der Waals surface area contributed by atoms with Gasteiger partial charge in [-0.2, -0.15) is 12.2 Å². The monoisotopic (exact) mass is 570 g/mol. The number of hydrogen-bond acceptors (Lipinski definition) is 0. The van der Waals surface area contributed by atoms with E-state index in [2.05, 4.69) is 103 Å². The van der Waals surface area contributed by atoms with Gasteiger partial charge >= 0.3 is 0 Å². The van der Waals surface area contributed by atoms with E-state index >= 15 is 0 Å². The predicted octanol–water partition coefficient (Wildman–Crippen LogP) is 7.60. The molecule has 0 aliphatic heterocycles. The summed E-state index contributed by atoms with van der Waals surface area (Å²) in [6, 6.07) is 0. The van der Waals surface area contributed by atoms with Gasteiger partial charge in [0.25, 0.3) is 0 Å². The normalized spacial score (nSPS) is 17.9. The van der Waals surface area contributed by atoms with Crippen LogP contribution in [0.4, 0.5) is 0 Å². The summed E-state index contributed by atoms with van der Waals surface area (Å²) >= 11 is 0. The van der Waals surface area contributed by atoms with Crippen LogP contribution < -0.4 is 0 Å². The molecule has 0 saturated heterocycles. The van der Waals surface area contributed by atoms with Crippen molar-refractivity contribution < 1.29 is 40.4 Å². The van der Waals surface area contributed by atoms with Gasteiger partial charge in [-0.3, -0.25) is 12.2 Å². The molecule has 0 radical (unpaired) electrons. The van der Waals surface area contributed by atoms with Crippen molar-refractivity contribution in [2.45, 2.75) is 91.4 Å². The van der Waals surface area contributed by atoms with Gasteiger partial charge in [-0.25, -0.2) is 20.8 Å². The Balaban J connectivity index is 0.000000483. The molecule has 2 rings (SSSR count). The minimum Gasteiger partial charge on any atom is -0.273 e. The third kappa shape index (κ3) is 8.43. The van der Waals surface area contributed by atoms with Crippen molar-refractivity contribution in [1.29, 1.82) is 0 Å². The molecule has 0 saturated carbocycles. The van der Waals surface area contributed by atoms with Crippen LogP contribution in [0.3, 0.4) is 0 Å². The minimum absolute atomic E-state index is 0. The Labute approximate surface area is 207 Å². The molecule has 0 aromatic rings. The van der Waals surface area contributed by atoms with Gasteiger partial charge in [-0.1, -0.05) is 78.6 Å². The van der Waals surface area contributed by atoms with E-state index < -0.39 is 32.3 Å². The van der Waals surface area contributed by atoms with Gasteiger partial charge in [-0.05, 0) is 16.1 Å². The molecular formula is C22H42Si4Sm-2. The van der Waals surface area contributed by atoms with E-state index in [-0.39, 0.29) is 40.4 Å². The maximum atomic E-state index is 3.57. The molecule has 0 atom stereocenters. The molecule has 154 valence electrons. The summed E-state index contributed by atoms with van der Waals surface area (Å²) < 4.78 is 0. The summed E-state index contributed by atoms with van der Waals surface area (Å²) in [5.74, 6) is 0. The fraction of sp³-hybridized carbons (Fsp3) is 0.636. The molecule has 0 aromatic heterocycles. The summed E-state index contributed by atoms with van der Waals surface area (Å²) in [6.45, 7) is 29.2. The molecule has 2 aliphatic carbocycles. The van der Waals surface area contributed by atoms with Gasteiger partial charge in [0.2, 0.25) is 0 Å². The van der Waals surface area contributed by atoms with Crippen LogP contribution in [-0.4, -0.2) is 32.3 Å². The van der Waals surface area contributed by atoms with E-state index in [1.54, 1.807) is 20.8 Å². The van der Waals surface area contributed by atoms with Gasteiger partial charge in [0.15, 0.2) is 0 Å². The smallest absolute Gasteiger partial charge is 0.0394 e. The molecule has 0 fully saturated rings. The molecular weight excluding hydrogens is 527 g/mol. The molecule has 0 aromatic carbocycles. The number of allylic oxidation sites excluding steroid dienone is 8. The van der Waals surface area contributed by atoms with Crippen LogP contribution in [0.25, 0.3) is 0 Å². The Kier molecular flexibility index (Phi) is 10.4. The van der Waals surface area contributed by atoms with E-state index in [9.17, 15) is 0 Å². The molecule has 0 spiro atoms. The average molecular weight is 569 g/mol. The number of hydrogen-bond donors (Lipinski definition) is 0. The first kappa shape index (κ1) is 28.2. The van der Waals surface area contributed by atoms with E-state index in [1.165, 1.54) is 0 Å². The molecule has 0 heterocycles. The third-order valence-electron chi connectivity index (χ3n) is 4.82. The Morgan fingerprint density at radius 2 is 0.778 bits per heavy atom. The van der Waals surface area contributed by atoms with E-state index in [1.807, 2.05) is 0 Å². The Bertz CT molecular complexity index is 526. The summed E-state index contributed by atoms with van der Waals surface area (Å²) in [4.78, 5) is 0. The fourth-order valence-electron chi connectivity index (χ4n) is 3.61. The topological polar surface area (TPSA) is 0 Å². The van der Waals surface area contributed by atoms with Crippen molar-refractivity contribution in [3.63, 3.8) is 0 Å². The van der Waals surface area contributed by atoms with Crippen molar-refractivity contribution >= 4 is 32.3 Å². The van der Waals surface area contributed by atoms with E-state index in [0.29, 0.717) is 0 Å². The summed E-state index contributed by atoms with van der Waals surface area (Å²) in [7, 11) is -4.45. The predicted molar refractivity (Wildman–Crippen MR) is 132 cm³/mol. The average Bonchev–Trinajstić information content (AvgIpc) is 3.06. The van der Waals surface area contributed by atoms with Crippen molar-refractivity contribution in [3.05, 3.63) is 45.1 Å². The minimum atomic E-state index is -1.13. The third-order valence-corrected chi connectivity index (χ3v) is 13.4. The Morgan fingerprint density at radius 3 is 0.926 bits per heavy atom. The zero-order valence-electron chi connectivity index (χ0n) is 20.0. The summed E-state index contributed by atoms with van der Waals surface area (Å²) in [5, 5.41) is 6.61. The van der Waals surface area contributed by atoms with Crippen molar-refractivity contribution in [2.75, 3.05) is 0 Å². The molecule has 0 amide bonds. The largest absolute Gasteiger partial charge is 0.273 e. The molecule has 0 nitrogen and oxygen atoms in total. The first-order chi connectivity index (χ1) is 11.5. The van der Waals surface area contributed by atoms with E-state index in [4.69, 9.17) is 0 Å².